The van der Waals surface area contributed by atoms with Crippen molar-refractivity contribution in [2.24, 2.45) is 0 Å². The minimum atomic E-state index is -4.80. The second-order valence-corrected chi connectivity index (χ2v) is 4.92. The van der Waals surface area contributed by atoms with Crippen LogP contribution in [0.2, 0.25) is 0 Å². The summed E-state index contributed by atoms with van der Waals surface area (Å²) >= 11 is 0. The lowest BCUT2D eigenvalue weighted by molar-refractivity contribution is -0.140. The van der Waals surface area contributed by atoms with Gasteiger partial charge in [-0.3, -0.25) is 4.79 Å². The third-order valence-corrected chi connectivity index (χ3v) is 3.23. The standard InChI is InChI=1S/C14H15F4NO/c1-2-7-19(10-4-5-10)13(20)9-3-6-12(15)11(8-9)14(16,17)18/h3,6,8,10H,2,4-5,7H2,1H3. The molecule has 0 atom stereocenters. The van der Waals surface area contributed by atoms with E-state index < -0.39 is 23.5 Å². The molecule has 1 aromatic carbocycles. The molecule has 20 heavy (non-hydrogen) atoms. The van der Waals surface area contributed by atoms with E-state index in [4.69, 9.17) is 0 Å². The van der Waals surface area contributed by atoms with E-state index in [1.165, 1.54) is 0 Å². The smallest absolute Gasteiger partial charge is 0.336 e. The van der Waals surface area contributed by atoms with E-state index in [-0.39, 0.29) is 11.6 Å². The van der Waals surface area contributed by atoms with E-state index in [9.17, 15) is 22.4 Å². The van der Waals surface area contributed by atoms with Crippen LogP contribution in [0.3, 0.4) is 0 Å². The molecule has 0 unspecified atom stereocenters. The molecule has 1 aliphatic carbocycles. The first-order valence-corrected chi connectivity index (χ1v) is 6.52. The summed E-state index contributed by atoms with van der Waals surface area (Å²) in [4.78, 5) is 13.8. The quantitative estimate of drug-likeness (QED) is 0.771. The molecule has 0 radical (unpaired) electrons. The lowest BCUT2D eigenvalue weighted by Gasteiger charge is -2.22. The summed E-state index contributed by atoms with van der Waals surface area (Å²) in [6.07, 6.45) is -2.32. The second kappa shape index (κ2) is 5.42. The zero-order valence-electron chi connectivity index (χ0n) is 11.0. The van der Waals surface area contributed by atoms with Gasteiger partial charge in [-0.15, -0.1) is 0 Å². The summed E-state index contributed by atoms with van der Waals surface area (Å²) in [6, 6.07) is 2.52. The maximum Gasteiger partial charge on any atom is 0.419 e. The number of carbonyl (C=O) groups is 1. The third-order valence-electron chi connectivity index (χ3n) is 3.23. The molecule has 1 aromatic rings. The topological polar surface area (TPSA) is 20.3 Å². The molecule has 0 bridgehead atoms. The van der Waals surface area contributed by atoms with Crippen molar-refractivity contribution in [1.82, 2.24) is 4.90 Å². The van der Waals surface area contributed by atoms with Gasteiger partial charge in [-0.2, -0.15) is 13.2 Å². The summed E-state index contributed by atoms with van der Waals surface area (Å²) in [5.74, 6) is -1.82. The number of amides is 1. The first kappa shape index (κ1) is 14.8. The fourth-order valence-electron chi connectivity index (χ4n) is 2.12. The van der Waals surface area contributed by atoms with Gasteiger partial charge in [0, 0.05) is 18.2 Å². The van der Waals surface area contributed by atoms with Gasteiger partial charge in [-0.05, 0) is 37.5 Å². The number of rotatable bonds is 4. The maximum absolute atomic E-state index is 13.2. The van der Waals surface area contributed by atoms with Crippen LogP contribution in [-0.4, -0.2) is 23.4 Å². The Hall–Kier alpha value is -1.59. The fourth-order valence-corrected chi connectivity index (χ4v) is 2.12. The van der Waals surface area contributed by atoms with Gasteiger partial charge in [0.1, 0.15) is 5.82 Å². The van der Waals surface area contributed by atoms with Crippen molar-refractivity contribution in [3.63, 3.8) is 0 Å². The molecule has 0 N–H and O–H groups in total. The molecular weight excluding hydrogens is 274 g/mol. The molecule has 1 saturated carbocycles. The Balaban J connectivity index is 2.30. The SMILES string of the molecule is CCCN(C(=O)c1ccc(F)c(C(F)(F)F)c1)C1CC1. The number of hydrogen-bond donors (Lipinski definition) is 0. The second-order valence-electron chi connectivity index (χ2n) is 4.92. The van der Waals surface area contributed by atoms with Crippen LogP contribution in [0, 0.1) is 5.82 Å². The van der Waals surface area contributed by atoms with Gasteiger partial charge < -0.3 is 4.90 Å². The van der Waals surface area contributed by atoms with Crippen molar-refractivity contribution in [3.8, 4) is 0 Å². The largest absolute Gasteiger partial charge is 0.419 e. The normalized spacial score (nSPS) is 15.2. The molecule has 1 amide bonds. The van der Waals surface area contributed by atoms with Crippen LogP contribution in [0.15, 0.2) is 18.2 Å². The Morgan fingerprint density at radius 1 is 1.35 bits per heavy atom. The lowest BCUT2D eigenvalue weighted by Crippen LogP contribution is -2.34. The van der Waals surface area contributed by atoms with E-state index in [0.717, 1.165) is 25.3 Å². The van der Waals surface area contributed by atoms with Crippen molar-refractivity contribution < 1.29 is 22.4 Å². The Morgan fingerprint density at radius 2 is 2.00 bits per heavy atom. The monoisotopic (exact) mass is 289 g/mol. The van der Waals surface area contributed by atoms with Gasteiger partial charge >= 0.3 is 6.18 Å². The number of halogens is 4. The minimum Gasteiger partial charge on any atom is -0.336 e. The maximum atomic E-state index is 13.2. The first-order chi connectivity index (χ1) is 9.34. The first-order valence-electron chi connectivity index (χ1n) is 6.52. The Bertz CT molecular complexity index is 508. The fraction of sp³-hybridized carbons (Fsp3) is 0.500. The molecule has 2 nitrogen and oxygen atoms in total. The van der Waals surface area contributed by atoms with Crippen LogP contribution in [-0.2, 0) is 6.18 Å². The van der Waals surface area contributed by atoms with Crippen LogP contribution >= 0.6 is 0 Å². The van der Waals surface area contributed by atoms with Crippen molar-refractivity contribution in [2.75, 3.05) is 6.54 Å². The minimum absolute atomic E-state index is 0.112. The molecule has 0 heterocycles. The van der Waals surface area contributed by atoms with Crippen LogP contribution in [0.1, 0.15) is 42.1 Å². The van der Waals surface area contributed by atoms with E-state index in [1.54, 1.807) is 4.90 Å². The molecule has 6 heteroatoms. The average Bonchev–Trinajstić information content (AvgIpc) is 3.18. The molecule has 0 aromatic heterocycles. The summed E-state index contributed by atoms with van der Waals surface area (Å²) in [5.41, 5.74) is -1.50. The predicted octanol–water partition coefficient (Wildman–Crippen LogP) is 3.86. The van der Waals surface area contributed by atoms with Gasteiger partial charge in [-0.25, -0.2) is 4.39 Å². The molecule has 1 fully saturated rings. The highest BCUT2D eigenvalue weighted by atomic mass is 19.4. The summed E-state index contributed by atoms with van der Waals surface area (Å²) in [6.45, 7) is 2.40. The van der Waals surface area contributed by atoms with Gasteiger partial charge in [-0.1, -0.05) is 6.92 Å². The highest BCUT2D eigenvalue weighted by molar-refractivity contribution is 5.94. The summed E-state index contributed by atoms with van der Waals surface area (Å²) < 4.78 is 51.1. The summed E-state index contributed by atoms with van der Waals surface area (Å²) in [5, 5.41) is 0. The number of nitrogens with zero attached hydrogens (tertiary/aromatic N) is 1. The van der Waals surface area contributed by atoms with Crippen LogP contribution in [0.5, 0.6) is 0 Å². The van der Waals surface area contributed by atoms with Crippen molar-refractivity contribution in [2.45, 2.75) is 38.4 Å². The Morgan fingerprint density at radius 3 is 2.50 bits per heavy atom. The Kier molecular flexibility index (Phi) is 4.01. The molecule has 0 spiro atoms. The molecule has 110 valence electrons. The van der Waals surface area contributed by atoms with Crippen molar-refractivity contribution >= 4 is 5.91 Å². The zero-order chi connectivity index (χ0) is 14.9. The Labute approximate surface area is 114 Å². The van der Waals surface area contributed by atoms with Crippen molar-refractivity contribution in [3.05, 3.63) is 35.1 Å². The van der Waals surface area contributed by atoms with Crippen LogP contribution < -0.4 is 0 Å². The van der Waals surface area contributed by atoms with Gasteiger partial charge in [0.2, 0.25) is 0 Å². The van der Waals surface area contributed by atoms with Crippen LogP contribution in [0.25, 0.3) is 0 Å². The molecule has 0 aliphatic heterocycles. The van der Waals surface area contributed by atoms with E-state index in [1.807, 2.05) is 6.92 Å². The number of carbonyl (C=O) groups excluding carboxylic acids is 1. The van der Waals surface area contributed by atoms with E-state index in [0.29, 0.717) is 18.7 Å². The van der Waals surface area contributed by atoms with Gasteiger partial charge in [0.05, 0.1) is 5.56 Å². The highest BCUT2D eigenvalue weighted by Crippen LogP contribution is 2.33. The van der Waals surface area contributed by atoms with E-state index >= 15 is 0 Å². The molecule has 1 aliphatic rings. The van der Waals surface area contributed by atoms with Gasteiger partial charge in [0.15, 0.2) is 0 Å². The molecule has 0 saturated heterocycles. The van der Waals surface area contributed by atoms with E-state index in [2.05, 4.69) is 0 Å². The van der Waals surface area contributed by atoms with Crippen LogP contribution in [0.4, 0.5) is 17.6 Å². The van der Waals surface area contributed by atoms with Gasteiger partial charge in [0.25, 0.3) is 5.91 Å². The van der Waals surface area contributed by atoms with Crippen molar-refractivity contribution in [1.29, 1.82) is 0 Å². The predicted molar refractivity (Wildman–Crippen MR) is 65.8 cm³/mol. The number of benzene rings is 1. The third kappa shape index (κ3) is 3.11. The highest BCUT2D eigenvalue weighted by Gasteiger charge is 2.36. The molecular formula is C14H15F4NO. The average molecular weight is 289 g/mol. The molecule has 2 rings (SSSR count). The number of alkyl halides is 3. The lowest BCUT2D eigenvalue weighted by atomic mass is 10.1. The number of hydrogen-bond acceptors (Lipinski definition) is 1. The summed E-state index contributed by atoms with van der Waals surface area (Å²) in [7, 11) is 0. The zero-order valence-corrected chi connectivity index (χ0v) is 11.0.